The third-order valence-corrected chi connectivity index (χ3v) is 5.83. The molecule has 0 aromatic heterocycles. The predicted octanol–water partition coefficient (Wildman–Crippen LogP) is 3.63. The molecule has 184 valence electrons. The molecular weight excluding hydrogens is 436 g/mol. The molecule has 0 fully saturated rings. The number of amides is 1. The van der Waals surface area contributed by atoms with Gasteiger partial charge in [0.15, 0.2) is 29.7 Å². The topological polar surface area (TPSA) is 69.7 Å². The average molecular weight is 471 g/mol. The molecule has 0 radical (unpaired) electrons. The SMILES string of the molecule is C=CCN(CCCN1COc2cc(OC)c(OC)cc2C1=O)CCc1ccc(OC)c(OC)c1. The fourth-order valence-electron chi connectivity index (χ4n) is 3.97. The zero-order valence-electron chi connectivity index (χ0n) is 20.5. The fraction of sp³-hybridized carbons (Fsp3) is 0.423. The predicted molar refractivity (Wildman–Crippen MR) is 131 cm³/mol. The lowest BCUT2D eigenvalue weighted by Gasteiger charge is -2.30. The van der Waals surface area contributed by atoms with E-state index in [1.54, 1.807) is 45.5 Å². The molecule has 2 aromatic rings. The summed E-state index contributed by atoms with van der Waals surface area (Å²) in [6, 6.07) is 9.36. The summed E-state index contributed by atoms with van der Waals surface area (Å²) >= 11 is 0. The van der Waals surface area contributed by atoms with Crippen LogP contribution >= 0.6 is 0 Å². The number of benzene rings is 2. The molecule has 0 saturated carbocycles. The van der Waals surface area contributed by atoms with E-state index in [9.17, 15) is 4.79 Å². The maximum absolute atomic E-state index is 13.0. The zero-order valence-corrected chi connectivity index (χ0v) is 20.5. The van der Waals surface area contributed by atoms with Gasteiger partial charge >= 0.3 is 0 Å². The van der Waals surface area contributed by atoms with Crippen LogP contribution in [-0.2, 0) is 6.42 Å². The van der Waals surface area contributed by atoms with E-state index in [0.717, 1.165) is 44.0 Å². The second-order valence-electron chi connectivity index (χ2n) is 7.93. The molecule has 8 heteroatoms. The molecule has 0 atom stereocenters. The van der Waals surface area contributed by atoms with Crippen LogP contribution in [-0.4, -0.2) is 77.1 Å². The monoisotopic (exact) mass is 470 g/mol. The molecule has 1 aliphatic heterocycles. The third kappa shape index (κ3) is 5.94. The standard InChI is InChI=1S/C26H34N2O6/c1-6-11-27(14-10-19-8-9-21(30-2)23(15-19)31-3)12-7-13-28-18-34-22-17-25(33-5)24(32-4)16-20(22)26(28)29/h6,8-9,15-17H,1,7,10-14,18H2,2-5H3. The van der Waals surface area contributed by atoms with Crippen molar-refractivity contribution in [3.63, 3.8) is 0 Å². The van der Waals surface area contributed by atoms with Crippen molar-refractivity contribution < 1.29 is 28.5 Å². The highest BCUT2D eigenvalue weighted by Gasteiger charge is 2.27. The lowest BCUT2D eigenvalue weighted by molar-refractivity contribution is 0.0509. The van der Waals surface area contributed by atoms with Gasteiger partial charge in [0.2, 0.25) is 0 Å². The number of hydrogen-bond donors (Lipinski definition) is 0. The lowest BCUT2D eigenvalue weighted by atomic mass is 10.1. The molecule has 0 aliphatic carbocycles. The molecule has 1 amide bonds. The first kappa shape index (κ1) is 25.2. The minimum absolute atomic E-state index is 0.0669. The van der Waals surface area contributed by atoms with Crippen LogP contribution in [0.25, 0.3) is 0 Å². The second kappa shape index (κ2) is 12.2. The summed E-state index contributed by atoms with van der Waals surface area (Å²) in [4.78, 5) is 17.0. The van der Waals surface area contributed by atoms with E-state index in [0.29, 0.717) is 29.4 Å². The number of methoxy groups -OCH3 is 4. The van der Waals surface area contributed by atoms with E-state index < -0.39 is 0 Å². The molecule has 0 N–H and O–H groups in total. The molecule has 1 aliphatic rings. The number of carbonyl (C=O) groups excluding carboxylic acids is 1. The Balaban J connectivity index is 1.55. The smallest absolute Gasteiger partial charge is 0.260 e. The first-order chi connectivity index (χ1) is 16.5. The Kier molecular flexibility index (Phi) is 9.04. The fourth-order valence-corrected chi connectivity index (χ4v) is 3.97. The van der Waals surface area contributed by atoms with Gasteiger partial charge in [0.25, 0.3) is 5.91 Å². The molecule has 0 bridgehead atoms. The van der Waals surface area contributed by atoms with Crippen LogP contribution in [0.3, 0.4) is 0 Å². The molecule has 0 unspecified atom stereocenters. The maximum Gasteiger partial charge on any atom is 0.260 e. The van der Waals surface area contributed by atoms with Crippen LogP contribution in [0.2, 0.25) is 0 Å². The summed E-state index contributed by atoms with van der Waals surface area (Å²) in [6.45, 7) is 7.17. The molecule has 0 spiro atoms. The summed E-state index contributed by atoms with van der Waals surface area (Å²) in [5.41, 5.74) is 1.66. The normalized spacial score (nSPS) is 12.7. The van der Waals surface area contributed by atoms with Crippen LogP contribution in [0.4, 0.5) is 0 Å². The molecule has 3 rings (SSSR count). The van der Waals surface area contributed by atoms with Gasteiger partial charge in [0.05, 0.1) is 34.0 Å². The first-order valence-electron chi connectivity index (χ1n) is 11.3. The molecule has 1 heterocycles. The van der Waals surface area contributed by atoms with E-state index in [-0.39, 0.29) is 12.6 Å². The third-order valence-electron chi connectivity index (χ3n) is 5.83. The van der Waals surface area contributed by atoms with Crippen molar-refractivity contribution in [3.05, 3.63) is 54.1 Å². The van der Waals surface area contributed by atoms with Crippen molar-refractivity contribution >= 4 is 5.91 Å². The molecule has 0 saturated heterocycles. The Morgan fingerprint density at radius 3 is 2.32 bits per heavy atom. The van der Waals surface area contributed by atoms with Gasteiger partial charge in [-0.25, -0.2) is 0 Å². The van der Waals surface area contributed by atoms with Crippen LogP contribution < -0.4 is 23.7 Å². The van der Waals surface area contributed by atoms with E-state index >= 15 is 0 Å². The summed E-state index contributed by atoms with van der Waals surface area (Å²) in [5.74, 6) is 2.95. The molecule has 8 nitrogen and oxygen atoms in total. The number of fused-ring (bicyclic) bond motifs is 1. The van der Waals surface area contributed by atoms with Gasteiger partial charge < -0.3 is 28.6 Å². The van der Waals surface area contributed by atoms with Gasteiger partial charge in [0, 0.05) is 38.3 Å². The van der Waals surface area contributed by atoms with Gasteiger partial charge in [-0.05, 0) is 30.5 Å². The van der Waals surface area contributed by atoms with Gasteiger partial charge in [-0.1, -0.05) is 12.1 Å². The first-order valence-corrected chi connectivity index (χ1v) is 11.3. The van der Waals surface area contributed by atoms with Crippen molar-refractivity contribution in [3.8, 4) is 28.7 Å². The molecule has 34 heavy (non-hydrogen) atoms. The summed E-state index contributed by atoms with van der Waals surface area (Å²) in [7, 11) is 6.38. The van der Waals surface area contributed by atoms with Gasteiger partial charge in [-0.15, -0.1) is 6.58 Å². The Hall–Kier alpha value is -3.39. The van der Waals surface area contributed by atoms with Gasteiger partial charge in [-0.2, -0.15) is 0 Å². The zero-order chi connectivity index (χ0) is 24.5. The Morgan fingerprint density at radius 2 is 1.65 bits per heavy atom. The van der Waals surface area contributed by atoms with E-state index in [1.807, 2.05) is 18.2 Å². The Morgan fingerprint density at radius 1 is 0.971 bits per heavy atom. The minimum atomic E-state index is -0.0669. The number of rotatable bonds is 13. The number of carbonyl (C=O) groups is 1. The maximum atomic E-state index is 13.0. The number of ether oxygens (including phenoxy) is 5. The van der Waals surface area contributed by atoms with Crippen molar-refractivity contribution in [2.45, 2.75) is 12.8 Å². The van der Waals surface area contributed by atoms with Crippen LogP contribution in [0.1, 0.15) is 22.3 Å². The van der Waals surface area contributed by atoms with Crippen LogP contribution in [0.15, 0.2) is 43.0 Å². The van der Waals surface area contributed by atoms with Crippen molar-refractivity contribution in [1.82, 2.24) is 9.80 Å². The number of nitrogens with zero attached hydrogens (tertiary/aromatic N) is 2. The summed E-state index contributed by atoms with van der Waals surface area (Å²) < 4.78 is 27.2. The quantitative estimate of drug-likeness (QED) is 0.414. The summed E-state index contributed by atoms with van der Waals surface area (Å²) in [6.07, 6.45) is 3.59. The van der Waals surface area contributed by atoms with Gasteiger partial charge in [-0.3, -0.25) is 9.69 Å². The largest absolute Gasteiger partial charge is 0.493 e. The average Bonchev–Trinajstić information content (AvgIpc) is 2.87. The van der Waals surface area contributed by atoms with Crippen molar-refractivity contribution in [1.29, 1.82) is 0 Å². The van der Waals surface area contributed by atoms with E-state index in [1.165, 1.54) is 5.56 Å². The minimum Gasteiger partial charge on any atom is -0.493 e. The molecular formula is C26H34N2O6. The second-order valence-corrected chi connectivity index (χ2v) is 7.93. The van der Waals surface area contributed by atoms with Crippen molar-refractivity contribution in [2.75, 3.05) is 61.3 Å². The highest BCUT2D eigenvalue weighted by molar-refractivity contribution is 5.98. The van der Waals surface area contributed by atoms with Crippen LogP contribution in [0.5, 0.6) is 28.7 Å². The Labute approximate surface area is 201 Å². The molecule has 2 aromatic carbocycles. The Bertz CT molecular complexity index is 993. The highest BCUT2D eigenvalue weighted by atomic mass is 16.5. The number of hydrogen-bond acceptors (Lipinski definition) is 7. The van der Waals surface area contributed by atoms with Gasteiger partial charge in [0.1, 0.15) is 5.75 Å². The van der Waals surface area contributed by atoms with Crippen LogP contribution in [0, 0.1) is 0 Å². The van der Waals surface area contributed by atoms with Crippen molar-refractivity contribution in [2.24, 2.45) is 0 Å². The highest BCUT2D eigenvalue weighted by Crippen LogP contribution is 2.37. The summed E-state index contributed by atoms with van der Waals surface area (Å²) in [5, 5.41) is 0. The van der Waals surface area contributed by atoms with E-state index in [4.69, 9.17) is 23.7 Å². The lowest BCUT2D eigenvalue weighted by Crippen LogP contribution is -2.40. The van der Waals surface area contributed by atoms with E-state index in [2.05, 4.69) is 17.5 Å².